The van der Waals surface area contributed by atoms with Crippen LogP contribution in [0.15, 0.2) is 18.2 Å². The Balaban J connectivity index is 2.67. The monoisotopic (exact) mass is 384 g/mol. The van der Waals surface area contributed by atoms with E-state index in [0.29, 0.717) is 12.0 Å². The number of unbranched alkanes of at least 4 members (excludes halogenated alkanes) is 2. The lowest BCUT2D eigenvalue weighted by atomic mass is 9.96. The molecule has 0 radical (unpaired) electrons. The smallest absolute Gasteiger partial charge is 0.220 e. The molecule has 3 N–H and O–H groups in total. The molecule has 0 aromatic heterocycles. The molecule has 152 valence electrons. The summed E-state index contributed by atoms with van der Waals surface area (Å²) in [4.78, 5) is 23.3. The first-order valence-corrected chi connectivity index (χ1v) is 9.40. The third-order valence-corrected chi connectivity index (χ3v) is 4.24. The van der Waals surface area contributed by atoms with Crippen molar-refractivity contribution in [3.05, 3.63) is 35.4 Å². The Hall–Kier alpha value is -2.02. The molecule has 27 heavy (non-hydrogen) atoms. The molecule has 0 bridgehead atoms. The average Bonchev–Trinajstić information content (AvgIpc) is 2.52. The van der Waals surface area contributed by atoms with Crippen LogP contribution in [0.4, 0.5) is 8.78 Å². The molecule has 3 unspecified atom stereocenters. The molecule has 5 nitrogen and oxygen atoms in total. The van der Waals surface area contributed by atoms with Gasteiger partial charge in [-0.15, -0.1) is 0 Å². The van der Waals surface area contributed by atoms with Crippen molar-refractivity contribution in [2.75, 3.05) is 0 Å². The van der Waals surface area contributed by atoms with Crippen LogP contribution < -0.4 is 10.6 Å². The van der Waals surface area contributed by atoms with Gasteiger partial charge in [0.05, 0.1) is 12.1 Å². The summed E-state index contributed by atoms with van der Waals surface area (Å²) in [7, 11) is 0. The number of amides is 2. The molecular formula is C20H30F2N2O3. The van der Waals surface area contributed by atoms with Gasteiger partial charge in [0.25, 0.3) is 0 Å². The Kier molecular flexibility index (Phi) is 9.93. The number of hydrogen-bond donors (Lipinski definition) is 3. The average molecular weight is 384 g/mol. The van der Waals surface area contributed by atoms with Crippen molar-refractivity contribution in [1.82, 2.24) is 10.6 Å². The van der Waals surface area contributed by atoms with Gasteiger partial charge in [-0.3, -0.25) is 9.59 Å². The summed E-state index contributed by atoms with van der Waals surface area (Å²) in [6.07, 6.45) is 2.57. The van der Waals surface area contributed by atoms with Crippen molar-refractivity contribution in [2.45, 2.75) is 77.5 Å². The maximum Gasteiger partial charge on any atom is 0.220 e. The molecule has 0 heterocycles. The van der Waals surface area contributed by atoms with Crippen molar-refractivity contribution in [3.8, 4) is 0 Å². The highest BCUT2D eigenvalue weighted by molar-refractivity contribution is 5.76. The second-order valence-electron chi connectivity index (χ2n) is 7.02. The van der Waals surface area contributed by atoms with Gasteiger partial charge in [0.1, 0.15) is 11.6 Å². The zero-order chi connectivity index (χ0) is 20.4. The van der Waals surface area contributed by atoms with Crippen LogP contribution in [0.3, 0.4) is 0 Å². The third-order valence-electron chi connectivity index (χ3n) is 4.24. The number of carbonyl (C=O) groups excluding carboxylic acids is 2. The minimum absolute atomic E-state index is 0.0760. The van der Waals surface area contributed by atoms with E-state index in [0.717, 1.165) is 25.3 Å². The molecule has 0 spiro atoms. The molecule has 0 aliphatic carbocycles. The fraction of sp³-hybridized carbons (Fsp3) is 0.600. The highest BCUT2D eigenvalue weighted by Gasteiger charge is 2.23. The molecule has 0 saturated heterocycles. The van der Waals surface area contributed by atoms with Crippen molar-refractivity contribution in [1.29, 1.82) is 0 Å². The Labute approximate surface area is 159 Å². The fourth-order valence-corrected chi connectivity index (χ4v) is 3.00. The van der Waals surface area contributed by atoms with Crippen LogP contribution in [0.5, 0.6) is 0 Å². The third kappa shape index (κ3) is 9.47. The summed E-state index contributed by atoms with van der Waals surface area (Å²) in [6, 6.07) is 2.09. The molecule has 2 amide bonds. The topological polar surface area (TPSA) is 78.4 Å². The highest BCUT2D eigenvalue weighted by Crippen LogP contribution is 2.14. The van der Waals surface area contributed by atoms with Gasteiger partial charge >= 0.3 is 0 Å². The maximum absolute atomic E-state index is 13.4. The van der Waals surface area contributed by atoms with E-state index >= 15 is 0 Å². The van der Waals surface area contributed by atoms with Gasteiger partial charge in [-0.1, -0.05) is 19.8 Å². The lowest BCUT2D eigenvalue weighted by Crippen LogP contribution is -2.47. The highest BCUT2D eigenvalue weighted by atomic mass is 19.1. The van der Waals surface area contributed by atoms with Crippen molar-refractivity contribution in [3.63, 3.8) is 0 Å². The zero-order valence-corrected chi connectivity index (χ0v) is 16.2. The van der Waals surface area contributed by atoms with E-state index in [-0.39, 0.29) is 30.7 Å². The minimum atomic E-state index is -0.980. The lowest BCUT2D eigenvalue weighted by Gasteiger charge is -2.26. The van der Waals surface area contributed by atoms with Gasteiger partial charge in [0.15, 0.2) is 0 Å². The molecule has 0 fully saturated rings. The Morgan fingerprint density at radius 1 is 1.11 bits per heavy atom. The van der Waals surface area contributed by atoms with Crippen LogP contribution in [0.25, 0.3) is 0 Å². The quantitative estimate of drug-likeness (QED) is 0.514. The number of aliphatic hydroxyl groups is 1. The second-order valence-corrected chi connectivity index (χ2v) is 7.02. The number of carbonyl (C=O) groups is 2. The number of hydrogen-bond acceptors (Lipinski definition) is 3. The minimum Gasteiger partial charge on any atom is -0.391 e. The summed E-state index contributed by atoms with van der Waals surface area (Å²) in [5, 5.41) is 16.0. The number of nitrogens with one attached hydrogen (secondary N) is 2. The van der Waals surface area contributed by atoms with E-state index in [2.05, 4.69) is 17.6 Å². The van der Waals surface area contributed by atoms with Gasteiger partial charge in [0, 0.05) is 25.5 Å². The van der Waals surface area contributed by atoms with E-state index in [4.69, 9.17) is 0 Å². The standard InChI is InChI=1S/C20H30F2N2O3/c1-4-5-6-7-20(27)23-13(2)8-19(26)18(24-14(3)25)11-15-9-16(21)12-17(22)10-15/h9-10,12-13,18-19,26H,4-8,11H2,1-3H3,(H,23,27)(H,24,25). The van der Waals surface area contributed by atoms with E-state index in [1.165, 1.54) is 19.1 Å². The molecule has 1 aromatic rings. The number of benzene rings is 1. The van der Waals surface area contributed by atoms with E-state index < -0.39 is 23.8 Å². The Morgan fingerprint density at radius 3 is 2.30 bits per heavy atom. The van der Waals surface area contributed by atoms with E-state index in [9.17, 15) is 23.5 Å². The first kappa shape index (κ1) is 23.0. The van der Waals surface area contributed by atoms with Crippen molar-refractivity contribution < 1.29 is 23.5 Å². The molecule has 1 rings (SSSR count). The van der Waals surface area contributed by atoms with Crippen LogP contribution in [0.2, 0.25) is 0 Å². The molecule has 1 aromatic carbocycles. The van der Waals surface area contributed by atoms with Crippen LogP contribution in [0.1, 0.15) is 58.4 Å². The number of halogens is 2. The van der Waals surface area contributed by atoms with Crippen LogP contribution in [-0.2, 0) is 16.0 Å². The first-order valence-electron chi connectivity index (χ1n) is 9.40. The number of rotatable bonds is 11. The Bertz CT molecular complexity index is 605. The van der Waals surface area contributed by atoms with E-state index in [1.807, 2.05) is 0 Å². The predicted molar refractivity (Wildman–Crippen MR) is 100 cm³/mol. The number of aliphatic hydroxyl groups excluding tert-OH is 1. The van der Waals surface area contributed by atoms with Gasteiger partial charge in [0.2, 0.25) is 11.8 Å². The second kappa shape index (κ2) is 11.6. The fourth-order valence-electron chi connectivity index (χ4n) is 3.00. The lowest BCUT2D eigenvalue weighted by molar-refractivity contribution is -0.123. The van der Waals surface area contributed by atoms with Gasteiger partial charge in [-0.2, -0.15) is 0 Å². The first-order chi connectivity index (χ1) is 12.7. The summed E-state index contributed by atoms with van der Waals surface area (Å²) < 4.78 is 26.8. The summed E-state index contributed by atoms with van der Waals surface area (Å²) in [5.74, 6) is -1.86. The molecule has 0 aliphatic rings. The van der Waals surface area contributed by atoms with Crippen molar-refractivity contribution in [2.24, 2.45) is 0 Å². The van der Waals surface area contributed by atoms with Crippen LogP contribution in [0, 0.1) is 11.6 Å². The normalized spacial score (nSPS) is 14.3. The van der Waals surface area contributed by atoms with Crippen LogP contribution in [-0.4, -0.2) is 35.1 Å². The maximum atomic E-state index is 13.4. The van der Waals surface area contributed by atoms with Gasteiger partial charge in [-0.25, -0.2) is 8.78 Å². The summed E-state index contributed by atoms with van der Waals surface area (Å²) in [5.41, 5.74) is 0.335. The zero-order valence-electron chi connectivity index (χ0n) is 16.2. The van der Waals surface area contributed by atoms with Gasteiger partial charge < -0.3 is 15.7 Å². The summed E-state index contributed by atoms with van der Waals surface area (Å²) in [6.45, 7) is 5.14. The molecule has 7 heteroatoms. The summed E-state index contributed by atoms with van der Waals surface area (Å²) >= 11 is 0. The van der Waals surface area contributed by atoms with Crippen LogP contribution >= 0.6 is 0 Å². The SMILES string of the molecule is CCCCCC(=O)NC(C)CC(O)C(Cc1cc(F)cc(F)c1)NC(C)=O. The van der Waals surface area contributed by atoms with Gasteiger partial charge in [-0.05, 0) is 43.9 Å². The Morgan fingerprint density at radius 2 is 1.74 bits per heavy atom. The molecule has 0 saturated carbocycles. The molecular weight excluding hydrogens is 354 g/mol. The molecule has 0 aliphatic heterocycles. The van der Waals surface area contributed by atoms with E-state index in [1.54, 1.807) is 6.92 Å². The largest absolute Gasteiger partial charge is 0.391 e. The van der Waals surface area contributed by atoms with Crippen molar-refractivity contribution >= 4 is 11.8 Å². The molecule has 3 atom stereocenters. The predicted octanol–water partition coefficient (Wildman–Crippen LogP) is 2.85.